The molecule has 0 atom stereocenters. The molecule has 1 aliphatic carbocycles. The van der Waals surface area contributed by atoms with Gasteiger partial charge in [-0.15, -0.1) is 5.10 Å². The molecule has 0 unspecified atom stereocenters. The number of ether oxygens (including phenoxy) is 1. The van der Waals surface area contributed by atoms with Gasteiger partial charge in [-0.05, 0) is 55.3 Å². The number of nitrogens with zero attached hydrogens (tertiary/aromatic N) is 3. The van der Waals surface area contributed by atoms with Gasteiger partial charge in [0.1, 0.15) is 23.0 Å². The van der Waals surface area contributed by atoms with E-state index in [-0.39, 0.29) is 0 Å². The Morgan fingerprint density at radius 1 is 0.828 bits per heavy atom. The topological polar surface area (TPSA) is 73.9 Å². The molecule has 0 radical (unpaired) electrons. The first kappa shape index (κ1) is 17.6. The van der Waals surface area contributed by atoms with Crippen LogP contribution in [0.2, 0.25) is 0 Å². The molecule has 144 valence electrons. The summed E-state index contributed by atoms with van der Waals surface area (Å²) >= 11 is 0. The van der Waals surface area contributed by atoms with Crippen molar-refractivity contribution < 1.29 is 4.74 Å². The smallest absolute Gasteiger partial charge is 0.133 e. The molecule has 2 aromatic heterocycles. The van der Waals surface area contributed by atoms with E-state index in [0.29, 0.717) is 11.7 Å². The molecule has 0 aliphatic heterocycles. The van der Waals surface area contributed by atoms with Crippen molar-refractivity contribution >= 4 is 16.6 Å². The van der Waals surface area contributed by atoms with Crippen molar-refractivity contribution in [1.29, 1.82) is 0 Å². The van der Waals surface area contributed by atoms with Crippen molar-refractivity contribution in [2.24, 2.45) is 0 Å². The maximum absolute atomic E-state index is 6.29. The third kappa shape index (κ3) is 3.40. The number of benzene rings is 2. The van der Waals surface area contributed by atoms with Crippen LogP contribution in [0.15, 0.2) is 66.9 Å². The van der Waals surface area contributed by atoms with Crippen molar-refractivity contribution in [3.63, 3.8) is 0 Å². The second-order valence-corrected chi connectivity index (χ2v) is 7.47. The predicted octanol–water partition coefficient (Wildman–Crippen LogP) is 5.72. The van der Waals surface area contributed by atoms with E-state index in [1.807, 2.05) is 60.7 Å². The largest absolute Gasteiger partial charge is 0.457 e. The molecule has 2 heterocycles. The summed E-state index contributed by atoms with van der Waals surface area (Å²) in [5.41, 5.74) is 9.05. The molecule has 5 nitrogen and oxygen atoms in total. The zero-order valence-electron chi connectivity index (χ0n) is 16.1. The van der Waals surface area contributed by atoms with Gasteiger partial charge < -0.3 is 10.5 Å². The number of hydrogen-bond acceptors (Lipinski definition) is 5. The summed E-state index contributed by atoms with van der Waals surface area (Å²) in [6.45, 7) is 0. The Balaban J connectivity index is 1.54. The Hall–Kier alpha value is -3.47. The van der Waals surface area contributed by atoms with E-state index in [2.05, 4.69) is 15.2 Å². The van der Waals surface area contributed by atoms with Gasteiger partial charge in [0.2, 0.25) is 0 Å². The number of anilines is 1. The van der Waals surface area contributed by atoms with Crippen molar-refractivity contribution in [3.05, 3.63) is 72.6 Å². The highest BCUT2D eigenvalue weighted by atomic mass is 16.5. The highest BCUT2D eigenvalue weighted by molar-refractivity contribution is 6.02. The van der Waals surface area contributed by atoms with Crippen molar-refractivity contribution in [2.45, 2.75) is 31.6 Å². The van der Waals surface area contributed by atoms with Gasteiger partial charge in [0.15, 0.2) is 0 Å². The summed E-state index contributed by atoms with van der Waals surface area (Å²) in [7, 11) is 0. The zero-order chi connectivity index (χ0) is 19.6. The van der Waals surface area contributed by atoms with Crippen LogP contribution in [0, 0.1) is 0 Å². The molecule has 1 aliphatic rings. The lowest BCUT2D eigenvalue weighted by molar-refractivity contribution is 0.483. The van der Waals surface area contributed by atoms with Gasteiger partial charge in [0.05, 0.1) is 11.1 Å². The Labute approximate surface area is 169 Å². The number of para-hydroxylation sites is 1. The van der Waals surface area contributed by atoms with Crippen LogP contribution in [0.1, 0.15) is 37.3 Å². The lowest BCUT2D eigenvalue weighted by Gasteiger charge is -2.14. The monoisotopic (exact) mass is 382 g/mol. The summed E-state index contributed by atoms with van der Waals surface area (Å²) in [4.78, 5) is 4.32. The fourth-order valence-electron chi connectivity index (χ4n) is 4.16. The number of nitrogens with two attached hydrogens (primary N) is 1. The molecular formula is C24H22N4O. The van der Waals surface area contributed by atoms with Crippen LogP contribution in [0.3, 0.4) is 0 Å². The van der Waals surface area contributed by atoms with Gasteiger partial charge in [-0.25, -0.2) is 4.98 Å². The summed E-state index contributed by atoms with van der Waals surface area (Å²) in [6.07, 6.45) is 6.59. The number of fused-ring (bicyclic) bond motifs is 1. The van der Waals surface area contributed by atoms with Gasteiger partial charge >= 0.3 is 0 Å². The molecule has 0 bridgehead atoms. The lowest BCUT2D eigenvalue weighted by atomic mass is 9.96. The van der Waals surface area contributed by atoms with Crippen LogP contribution in [0.25, 0.3) is 22.0 Å². The fourth-order valence-corrected chi connectivity index (χ4v) is 4.16. The minimum absolute atomic E-state index is 0.461. The van der Waals surface area contributed by atoms with Gasteiger partial charge in [-0.2, -0.15) is 5.10 Å². The van der Waals surface area contributed by atoms with Crippen LogP contribution in [0.4, 0.5) is 5.82 Å². The molecule has 5 heteroatoms. The second kappa shape index (κ2) is 7.51. The van der Waals surface area contributed by atoms with Gasteiger partial charge in [0.25, 0.3) is 0 Å². The van der Waals surface area contributed by atoms with E-state index < -0.39 is 0 Å². The third-order valence-electron chi connectivity index (χ3n) is 5.60. The first-order chi connectivity index (χ1) is 14.3. The standard InChI is InChI=1S/C24H22N4O/c25-24-21-20(14-15-26-24)22(16-6-4-5-7-16)27-28-23(21)17-10-12-19(13-11-17)29-18-8-2-1-3-9-18/h1-3,8-16H,4-7H2,(H2,25,26). The quantitative estimate of drug-likeness (QED) is 0.488. The Morgan fingerprint density at radius 2 is 1.55 bits per heavy atom. The van der Waals surface area contributed by atoms with Gasteiger partial charge in [-0.3, -0.25) is 0 Å². The highest BCUT2D eigenvalue weighted by Crippen LogP contribution is 2.39. The number of rotatable bonds is 4. The Kier molecular flexibility index (Phi) is 4.56. The summed E-state index contributed by atoms with van der Waals surface area (Å²) in [5.74, 6) is 2.53. The molecule has 1 saturated carbocycles. The van der Waals surface area contributed by atoms with E-state index in [1.54, 1.807) is 6.20 Å². The second-order valence-electron chi connectivity index (χ2n) is 7.47. The van der Waals surface area contributed by atoms with Crippen LogP contribution in [-0.4, -0.2) is 15.2 Å². The van der Waals surface area contributed by atoms with E-state index in [9.17, 15) is 0 Å². The van der Waals surface area contributed by atoms with Crippen LogP contribution < -0.4 is 10.5 Å². The van der Waals surface area contributed by atoms with E-state index in [0.717, 1.165) is 52.1 Å². The van der Waals surface area contributed by atoms with Crippen molar-refractivity contribution in [1.82, 2.24) is 15.2 Å². The predicted molar refractivity (Wildman–Crippen MR) is 115 cm³/mol. The van der Waals surface area contributed by atoms with Crippen LogP contribution >= 0.6 is 0 Å². The first-order valence-electron chi connectivity index (χ1n) is 10.0. The molecule has 0 saturated heterocycles. The third-order valence-corrected chi connectivity index (χ3v) is 5.60. The first-order valence-corrected chi connectivity index (χ1v) is 10.0. The van der Waals surface area contributed by atoms with Gasteiger partial charge in [0, 0.05) is 23.1 Å². The average Bonchev–Trinajstić information content (AvgIpc) is 3.29. The van der Waals surface area contributed by atoms with Crippen molar-refractivity contribution in [2.75, 3.05) is 5.73 Å². The molecule has 1 fully saturated rings. The molecular weight excluding hydrogens is 360 g/mol. The fraction of sp³-hybridized carbons (Fsp3) is 0.208. The molecule has 5 rings (SSSR count). The summed E-state index contributed by atoms with van der Waals surface area (Å²) in [5, 5.41) is 11.2. The Morgan fingerprint density at radius 3 is 2.31 bits per heavy atom. The number of pyridine rings is 1. The molecule has 2 aromatic carbocycles. The number of hydrogen-bond donors (Lipinski definition) is 1. The molecule has 0 spiro atoms. The molecule has 4 aromatic rings. The summed E-state index contributed by atoms with van der Waals surface area (Å²) < 4.78 is 5.89. The highest BCUT2D eigenvalue weighted by Gasteiger charge is 2.23. The van der Waals surface area contributed by atoms with Crippen molar-refractivity contribution in [3.8, 4) is 22.8 Å². The zero-order valence-corrected chi connectivity index (χ0v) is 16.1. The Bertz CT molecular complexity index is 1140. The molecule has 29 heavy (non-hydrogen) atoms. The maximum Gasteiger partial charge on any atom is 0.133 e. The van der Waals surface area contributed by atoms with E-state index >= 15 is 0 Å². The van der Waals surface area contributed by atoms with E-state index in [4.69, 9.17) is 10.5 Å². The van der Waals surface area contributed by atoms with Crippen LogP contribution in [-0.2, 0) is 0 Å². The average molecular weight is 382 g/mol. The maximum atomic E-state index is 6.29. The number of aromatic nitrogens is 3. The molecule has 2 N–H and O–H groups in total. The summed E-state index contributed by atoms with van der Waals surface area (Å²) in [6, 6.07) is 19.6. The SMILES string of the molecule is Nc1nccc2c(C3CCCC3)nnc(-c3ccc(Oc4ccccc4)cc3)c12. The van der Waals surface area contributed by atoms with Crippen LogP contribution in [0.5, 0.6) is 11.5 Å². The number of nitrogen functional groups attached to an aromatic ring is 1. The van der Waals surface area contributed by atoms with E-state index in [1.165, 1.54) is 12.8 Å². The normalized spacial score (nSPS) is 14.3. The van der Waals surface area contributed by atoms with Gasteiger partial charge in [-0.1, -0.05) is 31.0 Å². The minimum atomic E-state index is 0.461. The molecule has 0 amide bonds. The minimum Gasteiger partial charge on any atom is -0.457 e. The lowest BCUT2D eigenvalue weighted by Crippen LogP contribution is -2.04.